The van der Waals surface area contributed by atoms with Crippen LogP contribution in [-0.4, -0.2) is 31.4 Å². The van der Waals surface area contributed by atoms with Crippen LogP contribution in [0.2, 0.25) is 0 Å². The Labute approximate surface area is 210 Å². The fourth-order valence-corrected chi connectivity index (χ4v) is 4.85. The third kappa shape index (κ3) is 5.76. The molecule has 7 nitrogen and oxygen atoms in total. The molecule has 0 aliphatic heterocycles. The fourth-order valence-electron chi connectivity index (χ4n) is 3.35. The number of para-hydroxylation sites is 2. The van der Waals surface area contributed by atoms with Crippen LogP contribution in [0, 0.1) is 0 Å². The van der Waals surface area contributed by atoms with Crippen molar-refractivity contribution in [1.29, 1.82) is 0 Å². The van der Waals surface area contributed by atoms with E-state index in [4.69, 9.17) is 4.74 Å². The van der Waals surface area contributed by atoms with Gasteiger partial charge >= 0.3 is 0 Å². The number of amides is 1. The summed E-state index contributed by atoms with van der Waals surface area (Å²) in [4.78, 5) is 17.2. The molecule has 0 radical (unpaired) electrons. The summed E-state index contributed by atoms with van der Waals surface area (Å²) < 4.78 is 7.81. The van der Waals surface area contributed by atoms with Crippen molar-refractivity contribution >= 4 is 34.1 Å². The third-order valence-corrected chi connectivity index (χ3v) is 6.67. The van der Waals surface area contributed by atoms with E-state index in [0.29, 0.717) is 16.1 Å². The van der Waals surface area contributed by atoms with E-state index >= 15 is 0 Å². The second-order valence-corrected chi connectivity index (χ2v) is 9.21. The van der Waals surface area contributed by atoms with E-state index in [1.165, 1.54) is 23.1 Å². The summed E-state index contributed by atoms with van der Waals surface area (Å²) in [5.41, 5.74) is 2.75. The number of thioether (sulfide) groups is 1. The van der Waals surface area contributed by atoms with Crippen LogP contribution in [0.1, 0.15) is 5.82 Å². The van der Waals surface area contributed by atoms with Crippen LogP contribution in [-0.2, 0) is 11.4 Å². The van der Waals surface area contributed by atoms with Gasteiger partial charge in [-0.25, -0.2) is 4.98 Å². The van der Waals surface area contributed by atoms with E-state index in [0.717, 1.165) is 22.7 Å². The molecule has 9 heteroatoms. The summed E-state index contributed by atoms with van der Waals surface area (Å²) in [6.07, 6.45) is 0. The quantitative estimate of drug-likeness (QED) is 0.262. The lowest BCUT2D eigenvalue weighted by molar-refractivity contribution is -0.113. The van der Waals surface area contributed by atoms with Crippen LogP contribution >= 0.6 is 23.1 Å². The van der Waals surface area contributed by atoms with Crippen LogP contribution in [0.15, 0.2) is 102 Å². The molecule has 0 aliphatic carbocycles. The van der Waals surface area contributed by atoms with Crippen molar-refractivity contribution < 1.29 is 9.53 Å². The zero-order valence-electron chi connectivity index (χ0n) is 18.6. The van der Waals surface area contributed by atoms with E-state index in [1.807, 2.05) is 101 Å². The molecule has 5 rings (SSSR count). The number of anilines is 1. The molecule has 3 aromatic carbocycles. The van der Waals surface area contributed by atoms with Crippen molar-refractivity contribution in [3.63, 3.8) is 0 Å². The van der Waals surface area contributed by atoms with Crippen LogP contribution < -0.4 is 10.1 Å². The number of carbonyl (C=O) groups excluding carboxylic acids is 1. The maximum atomic E-state index is 12.6. The number of nitrogens with one attached hydrogen (secondary N) is 1. The largest absolute Gasteiger partial charge is 0.486 e. The molecule has 1 N–H and O–H groups in total. The maximum absolute atomic E-state index is 12.6. The van der Waals surface area contributed by atoms with Crippen molar-refractivity contribution in [1.82, 2.24) is 19.7 Å². The molecule has 0 spiro atoms. The SMILES string of the molecule is O=C(CSc1nnc(COc2ccccc2)n1-c1ccccc1)Nc1nc(-c2ccccc2)cs1. The van der Waals surface area contributed by atoms with E-state index in [2.05, 4.69) is 20.5 Å². The first-order valence-electron chi connectivity index (χ1n) is 10.9. The fraction of sp³-hybridized carbons (Fsp3) is 0.0769. The van der Waals surface area contributed by atoms with Crippen molar-refractivity contribution in [2.75, 3.05) is 11.1 Å². The summed E-state index contributed by atoms with van der Waals surface area (Å²) in [5.74, 6) is 1.41. The van der Waals surface area contributed by atoms with E-state index < -0.39 is 0 Å². The minimum atomic E-state index is -0.159. The van der Waals surface area contributed by atoms with Crippen molar-refractivity contribution in [2.24, 2.45) is 0 Å². The molecule has 0 bridgehead atoms. The zero-order valence-corrected chi connectivity index (χ0v) is 20.2. The highest BCUT2D eigenvalue weighted by molar-refractivity contribution is 7.99. The highest BCUT2D eigenvalue weighted by Crippen LogP contribution is 2.26. The van der Waals surface area contributed by atoms with E-state index in [-0.39, 0.29) is 18.3 Å². The Balaban J connectivity index is 1.27. The second kappa shape index (κ2) is 11.0. The molecule has 35 heavy (non-hydrogen) atoms. The van der Waals surface area contributed by atoms with Gasteiger partial charge in [0.15, 0.2) is 16.1 Å². The molecule has 5 aromatic rings. The number of carbonyl (C=O) groups is 1. The number of hydrogen-bond acceptors (Lipinski definition) is 7. The van der Waals surface area contributed by atoms with Gasteiger partial charge in [0, 0.05) is 16.6 Å². The number of nitrogens with zero attached hydrogens (tertiary/aromatic N) is 4. The van der Waals surface area contributed by atoms with Crippen LogP contribution in [0.3, 0.4) is 0 Å². The molecule has 0 saturated carbocycles. The van der Waals surface area contributed by atoms with E-state index in [1.54, 1.807) is 0 Å². The maximum Gasteiger partial charge on any atom is 0.236 e. The molecule has 0 atom stereocenters. The number of thiazole rings is 1. The highest BCUT2D eigenvalue weighted by atomic mass is 32.2. The molecule has 0 aliphatic rings. The number of ether oxygens (including phenoxy) is 1. The van der Waals surface area contributed by atoms with Gasteiger partial charge in [-0.2, -0.15) is 0 Å². The summed E-state index contributed by atoms with van der Waals surface area (Å²) in [6.45, 7) is 0.250. The van der Waals surface area contributed by atoms with E-state index in [9.17, 15) is 4.79 Å². The number of hydrogen-bond donors (Lipinski definition) is 1. The Hall–Kier alpha value is -3.95. The zero-order chi connectivity index (χ0) is 23.9. The average molecular weight is 500 g/mol. The predicted molar refractivity (Wildman–Crippen MR) is 139 cm³/mol. The Morgan fingerprint density at radius 3 is 2.34 bits per heavy atom. The Morgan fingerprint density at radius 2 is 1.60 bits per heavy atom. The minimum absolute atomic E-state index is 0.159. The second-order valence-electron chi connectivity index (χ2n) is 7.41. The summed E-state index contributed by atoms with van der Waals surface area (Å²) in [7, 11) is 0. The standard InChI is InChI=1S/C26H21N5O2S2/c32-24(28-25-27-22(17-34-25)19-10-4-1-5-11-19)18-35-26-30-29-23(16-33-21-14-8-3-9-15-21)31(26)20-12-6-2-7-13-20/h1-15,17H,16,18H2,(H,27,28,32). The monoisotopic (exact) mass is 499 g/mol. The minimum Gasteiger partial charge on any atom is -0.486 e. The van der Waals surface area contributed by atoms with Gasteiger partial charge in [-0.15, -0.1) is 21.5 Å². The van der Waals surface area contributed by atoms with Gasteiger partial charge in [0.1, 0.15) is 12.4 Å². The van der Waals surface area contributed by atoms with Gasteiger partial charge in [-0.1, -0.05) is 78.5 Å². The van der Waals surface area contributed by atoms with Gasteiger partial charge in [0.2, 0.25) is 5.91 Å². The molecular formula is C26H21N5O2S2. The lowest BCUT2D eigenvalue weighted by Crippen LogP contribution is -2.14. The Morgan fingerprint density at radius 1 is 0.914 bits per heavy atom. The molecule has 174 valence electrons. The molecule has 0 fully saturated rings. The normalized spacial score (nSPS) is 10.7. The highest BCUT2D eigenvalue weighted by Gasteiger charge is 2.17. The van der Waals surface area contributed by atoms with Gasteiger partial charge in [-0.3, -0.25) is 9.36 Å². The number of aromatic nitrogens is 4. The molecule has 0 unspecified atom stereocenters. The summed E-state index contributed by atoms with van der Waals surface area (Å²) >= 11 is 2.71. The number of rotatable bonds is 9. The smallest absolute Gasteiger partial charge is 0.236 e. The number of benzene rings is 3. The van der Waals surface area contributed by atoms with Crippen molar-refractivity contribution in [3.05, 3.63) is 102 Å². The van der Waals surface area contributed by atoms with Crippen molar-refractivity contribution in [2.45, 2.75) is 11.8 Å². The lowest BCUT2D eigenvalue weighted by Gasteiger charge is -2.11. The Bertz CT molecular complexity index is 1390. The van der Waals surface area contributed by atoms with Crippen LogP contribution in [0.4, 0.5) is 5.13 Å². The predicted octanol–water partition coefficient (Wildman–Crippen LogP) is 5.70. The summed E-state index contributed by atoms with van der Waals surface area (Å²) in [6, 6.07) is 29.2. The summed E-state index contributed by atoms with van der Waals surface area (Å²) in [5, 5.41) is 14.7. The molecule has 2 heterocycles. The first-order chi connectivity index (χ1) is 17.3. The van der Waals surface area contributed by atoms with Gasteiger partial charge in [0.25, 0.3) is 0 Å². The molecule has 0 saturated heterocycles. The lowest BCUT2D eigenvalue weighted by atomic mass is 10.2. The van der Waals surface area contributed by atoms with Gasteiger partial charge < -0.3 is 10.1 Å². The van der Waals surface area contributed by atoms with Crippen LogP contribution in [0.25, 0.3) is 16.9 Å². The average Bonchev–Trinajstić information content (AvgIpc) is 3.55. The van der Waals surface area contributed by atoms with Gasteiger partial charge in [0.05, 0.1) is 11.4 Å². The Kier molecular flexibility index (Phi) is 7.16. The molecular weight excluding hydrogens is 478 g/mol. The first kappa shape index (κ1) is 22.8. The van der Waals surface area contributed by atoms with Gasteiger partial charge in [-0.05, 0) is 24.3 Å². The van der Waals surface area contributed by atoms with Crippen molar-refractivity contribution in [3.8, 4) is 22.7 Å². The van der Waals surface area contributed by atoms with Crippen LogP contribution in [0.5, 0.6) is 5.75 Å². The molecule has 1 amide bonds. The molecule has 2 aromatic heterocycles. The topological polar surface area (TPSA) is 81.9 Å². The first-order valence-corrected chi connectivity index (χ1v) is 12.7. The third-order valence-electron chi connectivity index (χ3n) is 4.98.